The number of nitrogens with zero attached hydrogens (tertiary/aromatic N) is 2. The predicted octanol–water partition coefficient (Wildman–Crippen LogP) is 4.79. The molecule has 1 unspecified atom stereocenters. The fourth-order valence-electron chi connectivity index (χ4n) is 6.78. The van der Waals surface area contributed by atoms with Gasteiger partial charge in [0.25, 0.3) is 0 Å². The molecule has 0 saturated heterocycles. The first-order valence-corrected chi connectivity index (χ1v) is 18.5. The van der Waals surface area contributed by atoms with Crippen molar-refractivity contribution in [1.82, 2.24) is 9.88 Å². The van der Waals surface area contributed by atoms with Gasteiger partial charge in [-0.3, -0.25) is 9.78 Å². The summed E-state index contributed by atoms with van der Waals surface area (Å²) >= 11 is 6.76. The standard InChI is InChI=1S/C40H53ClN2O8/c1-26(6-5-9-37(47)43(20-21-50-2)24-34(45)38(48)39(49)35(46)25-44)27-10-13-33(41)28(22-27)14-16-40(17-18-40)32-23-42-19-15-30(32)31-7-3-4-8-36(31)51-29-11-12-29/h3-4,7-8,10,13,15,19,22-23,26,29,34-35,38-39,44-46,48-49H,5-6,9,11-12,14,16-18,20-21,24-25H2,1-2H3/t26?,34-,35+,38+,39+/m1/s1. The number of aryl methyl sites for hydroxylation is 1. The number of para-hydroxylation sites is 1. The summed E-state index contributed by atoms with van der Waals surface area (Å²) in [6, 6.07) is 16.6. The average molecular weight is 725 g/mol. The van der Waals surface area contributed by atoms with Crippen LogP contribution in [0.5, 0.6) is 5.75 Å². The SMILES string of the molecule is COCCN(C[C@@H](O)[C@H](O)[C@@H](O)[C@@H](O)CO)C(=O)CCCC(C)c1ccc(Cl)c(CCC2(c3cnccc3-c3ccccc3OC3CC3)CC2)c1. The number of aromatic nitrogens is 1. The maximum atomic E-state index is 13.2. The summed E-state index contributed by atoms with van der Waals surface area (Å²) < 4.78 is 11.4. The van der Waals surface area contributed by atoms with Crippen LogP contribution in [0.15, 0.2) is 60.9 Å². The van der Waals surface area contributed by atoms with E-state index in [0.29, 0.717) is 12.5 Å². The molecule has 0 bridgehead atoms. The third kappa shape index (κ3) is 10.3. The third-order valence-corrected chi connectivity index (χ3v) is 10.8. The molecule has 51 heavy (non-hydrogen) atoms. The highest BCUT2D eigenvalue weighted by molar-refractivity contribution is 6.31. The Bertz CT molecular complexity index is 1580. The molecule has 0 aliphatic heterocycles. The lowest BCUT2D eigenvalue weighted by molar-refractivity contribution is -0.140. The number of benzene rings is 2. The van der Waals surface area contributed by atoms with Crippen molar-refractivity contribution in [2.24, 2.45) is 0 Å². The molecule has 1 heterocycles. The molecule has 278 valence electrons. The summed E-state index contributed by atoms with van der Waals surface area (Å²) in [4.78, 5) is 19.1. The summed E-state index contributed by atoms with van der Waals surface area (Å²) in [6.45, 7) is 1.53. The fourth-order valence-corrected chi connectivity index (χ4v) is 6.99. The molecular formula is C40H53ClN2O8. The normalized spacial score (nSPS) is 18.0. The van der Waals surface area contributed by atoms with Crippen molar-refractivity contribution in [2.75, 3.05) is 33.4 Å². The molecular weight excluding hydrogens is 672 g/mol. The van der Waals surface area contributed by atoms with E-state index in [9.17, 15) is 25.2 Å². The summed E-state index contributed by atoms with van der Waals surface area (Å²) in [5.74, 6) is 0.890. The van der Waals surface area contributed by atoms with Gasteiger partial charge in [0, 0.05) is 49.6 Å². The Kier molecular flexibility index (Phi) is 13.9. The third-order valence-electron chi connectivity index (χ3n) is 10.4. The number of aliphatic hydroxyl groups excluding tert-OH is 5. The van der Waals surface area contributed by atoms with Gasteiger partial charge in [0.05, 0.1) is 19.3 Å². The summed E-state index contributed by atoms with van der Waals surface area (Å²) in [5.41, 5.74) is 5.88. The number of ether oxygens (including phenoxy) is 2. The van der Waals surface area contributed by atoms with Crippen LogP contribution in [0.1, 0.15) is 80.9 Å². The number of aliphatic hydroxyl groups is 5. The molecule has 0 radical (unpaired) electrons. The second-order valence-electron chi connectivity index (χ2n) is 14.3. The van der Waals surface area contributed by atoms with E-state index in [0.717, 1.165) is 72.4 Å². The molecule has 2 aliphatic rings. The van der Waals surface area contributed by atoms with Crippen molar-refractivity contribution >= 4 is 17.5 Å². The highest BCUT2D eigenvalue weighted by Gasteiger charge is 2.45. The number of carbonyl (C=O) groups is 1. The van der Waals surface area contributed by atoms with Crippen LogP contribution in [0.2, 0.25) is 5.02 Å². The van der Waals surface area contributed by atoms with Crippen LogP contribution < -0.4 is 4.74 Å². The number of carbonyl (C=O) groups excluding carboxylic acids is 1. The van der Waals surface area contributed by atoms with Crippen molar-refractivity contribution < 1.29 is 39.8 Å². The Morgan fingerprint density at radius 2 is 1.78 bits per heavy atom. The molecule has 2 aromatic carbocycles. The monoisotopic (exact) mass is 724 g/mol. The van der Waals surface area contributed by atoms with Gasteiger partial charge in [-0.05, 0) is 103 Å². The summed E-state index contributed by atoms with van der Waals surface area (Å²) in [6.07, 6.45) is 5.35. The van der Waals surface area contributed by atoms with Crippen LogP contribution in [0.3, 0.4) is 0 Å². The zero-order chi connectivity index (χ0) is 36.5. The zero-order valence-corrected chi connectivity index (χ0v) is 30.4. The minimum absolute atomic E-state index is 0.0383. The van der Waals surface area contributed by atoms with Crippen LogP contribution >= 0.6 is 11.6 Å². The molecule has 1 aromatic heterocycles. The Hall–Kier alpha value is -3.09. The van der Waals surface area contributed by atoms with Crippen molar-refractivity contribution in [3.63, 3.8) is 0 Å². The van der Waals surface area contributed by atoms with Crippen molar-refractivity contribution in [3.8, 4) is 16.9 Å². The first kappa shape index (κ1) is 39.1. The molecule has 10 nitrogen and oxygen atoms in total. The molecule has 5 rings (SSSR count). The minimum atomic E-state index is -1.76. The maximum Gasteiger partial charge on any atom is 0.222 e. The fraction of sp³-hybridized carbons (Fsp3) is 0.550. The van der Waals surface area contributed by atoms with Gasteiger partial charge in [-0.1, -0.05) is 48.9 Å². The minimum Gasteiger partial charge on any atom is -0.490 e. The molecule has 5 N–H and O–H groups in total. The number of methoxy groups -OCH3 is 1. The zero-order valence-electron chi connectivity index (χ0n) is 29.7. The van der Waals surface area contributed by atoms with E-state index in [1.54, 1.807) is 0 Å². The topological polar surface area (TPSA) is 153 Å². The molecule has 5 atom stereocenters. The molecule has 2 saturated carbocycles. The van der Waals surface area contributed by atoms with Gasteiger partial charge in [0.2, 0.25) is 5.91 Å². The van der Waals surface area contributed by atoms with Gasteiger partial charge in [-0.15, -0.1) is 0 Å². The Morgan fingerprint density at radius 1 is 1.04 bits per heavy atom. The first-order chi connectivity index (χ1) is 24.6. The largest absolute Gasteiger partial charge is 0.490 e. The Balaban J connectivity index is 1.18. The molecule has 2 aliphatic carbocycles. The van der Waals surface area contributed by atoms with E-state index >= 15 is 0 Å². The van der Waals surface area contributed by atoms with E-state index < -0.39 is 31.0 Å². The van der Waals surface area contributed by atoms with Crippen LogP contribution in [0, 0.1) is 0 Å². The Morgan fingerprint density at radius 3 is 2.49 bits per heavy atom. The van der Waals surface area contributed by atoms with Crippen molar-refractivity contribution in [1.29, 1.82) is 0 Å². The van der Waals surface area contributed by atoms with Crippen LogP contribution in [0.4, 0.5) is 0 Å². The molecule has 3 aromatic rings. The lowest BCUT2D eigenvalue weighted by Crippen LogP contribution is -2.51. The summed E-state index contributed by atoms with van der Waals surface area (Å²) in [7, 11) is 1.50. The number of rotatable bonds is 21. The van der Waals surface area contributed by atoms with Gasteiger partial charge < -0.3 is 39.9 Å². The van der Waals surface area contributed by atoms with Gasteiger partial charge in [-0.2, -0.15) is 0 Å². The van der Waals surface area contributed by atoms with E-state index in [4.69, 9.17) is 26.2 Å². The number of pyridine rings is 1. The number of amides is 1. The summed E-state index contributed by atoms with van der Waals surface area (Å²) in [5, 5.41) is 50.1. The second kappa shape index (κ2) is 18.1. The molecule has 0 spiro atoms. The first-order valence-electron chi connectivity index (χ1n) is 18.2. The number of hydrogen-bond acceptors (Lipinski definition) is 9. The quantitative estimate of drug-likeness (QED) is 0.104. The van der Waals surface area contributed by atoms with Crippen molar-refractivity contribution in [2.45, 2.75) is 107 Å². The second-order valence-corrected chi connectivity index (χ2v) is 14.7. The van der Waals surface area contributed by atoms with Crippen LogP contribution in [0.25, 0.3) is 11.1 Å². The lowest BCUT2D eigenvalue weighted by atomic mass is 9.84. The van der Waals surface area contributed by atoms with Gasteiger partial charge in [0.1, 0.15) is 30.2 Å². The van der Waals surface area contributed by atoms with E-state index in [1.807, 2.05) is 24.5 Å². The van der Waals surface area contributed by atoms with Gasteiger partial charge >= 0.3 is 0 Å². The molecule has 11 heteroatoms. The van der Waals surface area contributed by atoms with Crippen LogP contribution in [-0.2, 0) is 21.4 Å². The molecule has 1 amide bonds. The maximum absolute atomic E-state index is 13.2. The smallest absolute Gasteiger partial charge is 0.222 e. The highest BCUT2D eigenvalue weighted by Crippen LogP contribution is 2.55. The predicted molar refractivity (Wildman–Crippen MR) is 196 cm³/mol. The van der Waals surface area contributed by atoms with E-state index in [2.05, 4.69) is 48.3 Å². The van der Waals surface area contributed by atoms with Crippen molar-refractivity contribution in [3.05, 3.63) is 82.6 Å². The lowest BCUT2D eigenvalue weighted by Gasteiger charge is -2.30. The molecule has 2 fully saturated rings. The Labute approximate surface area is 306 Å². The number of halogens is 1. The van der Waals surface area contributed by atoms with E-state index in [1.165, 1.54) is 23.1 Å². The van der Waals surface area contributed by atoms with Gasteiger partial charge in [0.15, 0.2) is 0 Å². The van der Waals surface area contributed by atoms with E-state index in [-0.39, 0.29) is 43.4 Å². The average Bonchev–Trinajstić information content (AvgIpc) is 4.09. The highest BCUT2D eigenvalue weighted by atomic mass is 35.5. The number of hydrogen-bond donors (Lipinski definition) is 5. The van der Waals surface area contributed by atoms with Gasteiger partial charge in [-0.25, -0.2) is 0 Å². The van der Waals surface area contributed by atoms with Crippen LogP contribution in [-0.4, -0.2) is 105 Å².